The van der Waals surface area contributed by atoms with Crippen LogP contribution in [-0.4, -0.2) is 57.2 Å². The maximum atomic E-state index is 13.2. The van der Waals surface area contributed by atoms with Gasteiger partial charge in [-0.3, -0.25) is 4.79 Å². The summed E-state index contributed by atoms with van der Waals surface area (Å²) in [6.07, 6.45) is -0.856. The van der Waals surface area contributed by atoms with Crippen molar-refractivity contribution in [2.45, 2.75) is 55.6 Å². The topological polar surface area (TPSA) is 83.7 Å². The van der Waals surface area contributed by atoms with Crippen molar-refractivity contribution in [3.05, 3.63) is 94.5 Å². The fraction of sp³-hybridized carbons (Fsp3) is 0.406. The molecule has 2 aliphatic rings. The van der Waals surface area contributed by atoms with Gasteiger partial charge in [0.25, 0.3) is 0 Å². The quantitative estimate of drug-likeness (QED) is 0.344. The number of benzene rings is 3. The summed E-state index contributed by atoms with van der Waals surface area (Å²) in [5.74, 6) is -0.464. The summed E-state index contributed by atoms with van der Waals surface area (Å²) < 4.78 is 64.0. The first-order chi connectivity index (χ1) is 19.9. The zero-order valence-electron chi connectivity index (χ0n) is 23.6. The van der Waals surface area contributed by atoms with Crippen molar-refractivity contribution in [3.8, 4) is 0 Å². The Labute approximate surface area is 245 Å². The van der Waals surface area contributed by atoms with Crippen molar-refractivity contribution in [1.82, 2.24) is 4.90 Å². The Bertz CT molecular complexity index is 1520. The minimum atomic E-state index is -4.37. The van der Waals surface area contributed by atoms with Gasteiger partial charge in [0.1, 0.15) is 0 Å². The van der Waals surface area contributed by atoms with E-state index in [1.165, 1.54) is 0 Å². The summed E-state index contributed by atoms with van der Waals surface area (Å²) in [7, 11) is -3.32. The number of hydrogen-bond donors (Lipinski definition) is 1. The van der Waals surface area contributed by atoms with E-state index >= 15 is 0 Å². The van der Waals surface area contributed by atoms with Crippen LogP contribution < -0.4 is 10.6 Å². The lowest BCUT2D eigenvalue weighted by Crippen LogP contribution is -2.39. The van der Waals surface area contributed by atoms with Crippen LogP contribution in [0, 0.1) is 0 Å². The highest BCUT2D eigenvalue weighted by Gasteiger charge is 2.36. The third-order valence-electron chi connectivity index (χ3n) is 8.53. The van der Waals surface area contributed by atoms with Gasteiger partial charge in [-0.2, -0.15) is 13.2 Å². The van der Waals surface area contributed by atoms with Crippen LogP contribution in [0.2, 0.25) is 0 Å². The minimum absolute atomic E-state index is 0.0160. The first kappa shape index (κ1) is 30.1. The van der Waals surface area contributed by atoms with Gasteiger partial charge in [0.2, 0.25) is 5.91 Å². The number of primary amides is 1. The standard InChI is InChI=1S/C32H36F3N3O3S/c1-2-42(40,41)29-12-5-22(6-13-29)17-24-18-27(11-14-30(24)31(36)39)38-20-25(19-28(38)21-37-15-3-4-16-37)23-7-9-26(10-8-23)32(33,34)35/h5-14,18,25,28H,2-4,15-17,19-21H2,1H3,(H2,36,39)/t25?,28-/m0/s1. The zero-order chi connectivity index (χ0) is 30.1. The van der Waals surface area contributed by atoms with Gasteiger partial charge in [-0.15, -0.1) is 0 Å². The number of carbonyl (C=O) groups excluding carboxylic acids is 1. The molecule has 10 heteroatoms. The fourth-order valence-corrected chi connectivity index (χ4v) is 7.09. The smallest absolute Gasteiger partial charge is 0.367 e. The molecule has 0 bridgehead atoms. The molecule has 1 unspecified atom stereocenters. The molecule has 0 spiro atoms. The summed E-state index contributed by atoms with van der Waals surface area (Å²) in [6.45, 7) is 5.17. The second-order valence-electron chi connectivity index (χ2n) is 11.3. The molecule has 42 heavy (non-hydrogen) atoms. The first-order valence-electron chi connectivity index (χ1n) is 14.3. The Morgan fingerprint density at radius 3 is 2.24 bits per heavy atom. The minimum Gasteiger partial charge on any atom is -0.367 e. The van der Waals surface area contributed by atoms with E-state index in [0.29, 0.717) is 18.5 Å². The van der Waals surface area contributed by atoms with E-state index in [0.717, 1.165) is 73.4 Å². The lowest BCUT2D eigenvalue weighted by molar-refractivity contribution is -0.137. The zero-order valence-corrected chi connectivity index (χ0v) is 24.4. The maximum absolute atomic E-state index is 13.2. The van der Waals surface area contributed by atoms with Crippen LogP contribution in [0.4, 0.5) is 18.9 Å². The number of sulfone groups is 1. The van der Waals surface area contributed by atoms with Crippen molar-refractivity contribution in [2.75, 3.05) is 36.8 Å². The van der Waals surface area contributed by atoms with Gasteiger partial charge in [-0.25, -0.2) is 8.42 Å². The number of amides is 1. The van der Waals surface area contributed by atoms with E-state index in [1.54, 1.807) is 49.4 Å². The van der Waals surface area contributed by atoms with Crippen molar-refractivity contribution < 1.29 is 26.4 Å². The van der Waals surface area contributed by atoms with Crippen molar-refractivity contribution in [2.24, 2.45) is 5.73 Å². The predicted octanol–water partition coefficient (Wildman–Crippen LogP) is 5.65. The highest BCUT2D eigenvalue weighted by Crippen LogP contribution is 2.38. The molecular weight excluding hydrogens is 563 g/mol. The van der Waals surface area contributed by atoms with Crippen LogP contribution in [-0.2, 0) is 22.4 Å². The lowest BCUT2D eigenvalue weighted by atomic mass is 9.95. The predicted molar refractivity (Wildman–Crippen MR) is 158 cm³/mol. The molecule has 2 fully saturated rings. The van der Waals surface area contributed by atoms with Crippen LogP contribution in [0.1, 0.15) is 64.7 Å². The molecule has 2 aliphatic heterocycles. The molecule has 2 heterocycles. The highest BCUT2D eigenvalue weighted by molar-refractivity contribution is 7.91. The van der Waals surface area contributed by atoms with Gasteiger partial charge in [0.05, 0.1) is 16.2 Å². The fourth-order valence-electron chi connectivity index (χ4n) is 6.20. The molecule has 1 amide bonds. The normalized spacial score (nSPS) is 19.9. The Kier molecular flexibility index (Phi) is 8.66. The Morgan fingerprint density at radius 1 is 0.976 bits per heavy atom. The van der Waals surface area contributed by atoms with Gasteiger partial charge in [-0.05, 0) is 97.9 Å². The van der Waals surface area contributed by atoms with E-state index in [2.05, 4.69) is 9.80 Å². The molecule has 0 saturated carbocycles. The van der Waals surface area contributed by atoms with Crippen molar-refractivity contribution in [3.63, 3.8) is 0 Å². The van der Waals surface area contributed by atoms with E-state index in [4.69, 9.17) is 5.73 Å². The molecular formula is C32H36F3N3O3S. The lowest BCUT2D eigenvalue weighted by Gasteiger charge is -2.30. The molecule has 0 radical (unpaired) electrons. The number of nitrogens with zero attached hydrogens (tertiary/aromatic N) is 2. The second kappa shape index (κ2) is 12.1. The van der Waals surface area contributed by atoms with E-state index in [-0.39, 0.29) is 22.6 Å². The monoisotopic (exact) mass is 599 g/mol. The molecule has 6 nitrogen and oxygen atoms in total. The van der Waals surface area contributed by atoms with Crippen LogP contribution in [0.5, 0.6) is 0 Å². The van der Waals surface area contributed by atoms with Crippen LogP contribution >= 0.6 is 0 Å². The summed E-state index contributed by atoms with van der Waals surface area (Å²) >= 11 is 0. The number of anilines is 1. The molecule has 3 aromatic carbocycles. The average Bonchev–Trinajstić information content (AvgIpc) is 3.63. The molecule has 2 atom stereocenters. The van der Waals surface area contributed by atoms with E-state index in [9.17, 15) is 26.4 Å². The number of carbonyl (C=O) groups is 1. The highest BCUT2D eigenvalue weighted by atomic mass is 32.2. The number of alkyl halides is 3. The van der Waals surface area contributed by atoms with E-state index < -0.39 is 27.5 Å². The Morgan fingerprint density at radius 2 is 1.64 bits per heavy atom. The number of halogens is 3. The largest absolute Gasteiger partial charge is 0.416 e. The van der Waals surface area contributed by atoms with Crippen LogP contribution in [0.3, 0.4) is 0 Å². The third-order valence-corrected chi connectivity index (χ3v) is 10.3. The second-order valence-corrected chi connectivity index (χ2v) is 13.6. The average molecular weight is 600 g/mol. The molecule has 0 aromatic heterocycles. The summed E-state index contributed by atoms with van der Waals surface area (Å²) in [6, 6.07) is 17.9. The summed E-state index contributed by atoms with van der Waals surface area (Å²) in [4.78, 5) is 17.4. The molecule has 0 aliphatic carbocycles. The maximum Gasteiger partial charge on any atom is 0.416 e. The summed E-state index contributed by atoms with van der Waals surface area (Å²) in [5, 5.41) is 0. The van der Waals surface area contributed by atoms with Gasteiger partial charge in [-0.1, -0.05) is 31.2 Å². The molecule has 5 rings (SSSR count). The number of hydrogen-bond acceptors (Lipinski definition) is 5. The van der Waals surface area contributed by atoms with Gasteiger partial charge >= 0.3 is 6.18 Å². The molecule has 3 aromatic rings. The Balaban J connectivity index is 1.44. The van der Waals surface area contributed by atoms with Crippen LogP contribution in [0.25, 0.3) is 0 Å². The Hall–Kier alpha value is -3.37. The number of nitrogens with two attached hydrogens (primary N) is 1. The van der Waals surface area contributed by atoms with Gasteiger partial charge < -0.3 is 15.5 Å². The molecule has 2 N–H and O–H groups in total. The van der Waals surface area contributed by atoms with Crippen LogP contribution in [0.15, 0.2) is 71.6 Å². The number of rotatable bonds is 9. The van der Waals surface area contributed by atoms with Crippen molar-refractivity contribution in [1.29, 1.82) is 0 Å². The molecule has 224 valence electrons. The molecule has 2 saturated heterocycles. The third kappa shape index (κ3) is 6.65. The van der Waals surface area contributed by atoms with Crippen molar-refractivity contribution >= 4 is 21.4 Å². The number of likely N-dealkylation sites (tertiary alicyclic amines) is 1. The summed E-state index contributed by atoms with van der Waals surface area (Å²) in [5.41, 5.74) is 8.88. The van der Waals surface area contributed by atoms with Gasteiger partial charge in [0, 0.05) is 36.3 Å². The van der Waals surface area contributed by atoms with Gasteiger partial charge in [0.15, 0.2) is 9.84 Å². The SMILES string of the molecule is CCS(=O)(=O)c1ccc(Cc2cc(N3CC(c4ccc(C(F)(F)F)cc4)C[C@H]3CN3CCCC3)ccc2C(N)=O)cc1. The van der Waals surface area contributed by atoms with E-state index in [1.807, 2.05) is 12.1 Å². The first-order valence-corrected chi connectivity index (χ1v) is 16.0.